The van der Waals surface area contributed by atoms with E-state index in [1.54, 1.807) is 20.3 Å². The molecular formula is C34H45NO9. The summed E-state index contributed by atoms with van der Waals surface area (Å²) in [6, 6.07) is 0. The summed E-state index contributed by atoms with van der Waals surface area (Å²) >= 11 is 0. The van der Waals surface area contributed by atoms with Gasteiger partial charge in [-0.1, -0.05) is 44.2 Å². The smallest absolute Gasteiger partial charge is 0.338 e. The lowest BCUT2D eigenvalue weighted by Gasteiger charge is -2.32. The highest BCUT2D eigenvalue weighted by atomic mass is 16.6. The molecule has 11 atom stereocenters. The highest BCUT2D eigenvalue weighted by Gasteiger charge is 2.51. The molecule has 3 saturated heterocycles. The normalized spacial score (nSPS) is 36.9. The number of ether oxygens (including phenoxy) is 5. The third kappa shape index (κ3) is 8.15. The molecule has 0 amide bonds. The Kier molecular flexibility index (Phi) is 10.2. The SMILES string of the molecule is CO[C@@H](/C(C)=C/C=C/C(C)=C/c1coc(C)n1)[C@@H](C)[C@@H]1C[C@H](O)C2O[C@@H]2/C=C/[C@@H](C)[C@H]2C[C@H](CC(=O)O2)C[C@H]2O[C@H]2C(=O)O1. The Balaban J connectivity index is 1.30. The van der Waals surface area contributed by atoms with E-state index in [0.717, 1.165) is 16.8 Å². The van der Waals surface area contributed by atoms with Gasteiger partial charge in [-0.15, -0.1) is 0 Å². The van der Waals surface area contributed by atoms with Gasteiger partial charge in [0.05, 0.1) is 18.3 Å². The molecule has 240 valence electrons. The first-order valence-corrected chi connectivity index (χ1v) is 15.6. The van der Waals surface area contributed by atoms with Crippen LogP contribution < -0.4 is 0 Å². The number of aliphatic hydroxyl groups excluding tert-OH is 1. The summed E-state index contributed by atoms with van der Waals surface area (Å²) in [5.41, 5.74) is 2.70. The van der Waals surface area contributed by atoms with Crippen LogP contribution in [0.1, 0.15) is 65.0 Å². The molecule has 1 aromatic rings. The number of epoxide rings is 2. The first-order valence-electron chi connectivity index (χ1n) is 15.6. The average Bonchev–Trinajstić information content (AvgIpc) is 3.88. The topological polar surface area (TPSA) is 133 Å². The molecule has 10 heteroatoms. The van der Waals surface area contributed by atoms with E-state index in [1.165, 1.54) is 0 Å². The van der Waals surface area contributed by atoms with E-state index in [2.05, 4.69) is 4.98 Å². The summed E-state index contributed by atoms with van der Waals surface area (Å²) in [4.78, 5) is 29.9. The number of esters is 2. The Bertz CT molecular complexity index is 1310. The van der Waals surface area contributed by atoms with Crippen molar-refractivity contribution in [1.82, 2.24) is 4.98 Å². The van der Waals surface area contributed by atoms with E-state index in [1.807, 2.05) is 64.2 Å². The molecule has 1 unspecified atom stereocenters. The predicted molar refractivity (Wildman–Crippen MR) is 161 cm³/mol. The minimum atomic E-state index is -0.851. The van der Waals surface area contributed by atoms with Crippen molar-refractivity contribution in [1.29, 1.82) is 0 Å². The molecule has 10 nitrogen and oxygen atoms in total. The van der Waals surface area contributed by atoms with Crippen molar-refractivity contribution in [3.63, 3.8) is 0 Å². The second kappa shape index (κ2) is 13.9. The maximum Gasteiger partial charge on any atom is 0.338 e. The number of rotatable bonds is 7. The Morgan fingerprint density at radius 3 is 2.61 bits per heavy atom. The standard InChI is InChI=1S/C34H45NO9/c1-18(12-24-17-40-22(5)35-24)8-7-9-20(3)31(39-6)21(4)28-16-25(36)32-26(42-32)11-10-19(2)27-13-23(15-30(37)41-27)14-29-33(43-29)34(38)44-28/h7-12,17,19,21,23,25-29,31-33,36H,13-16H2,1-6H3/b8-7+,11-10+,18-12+,20-9+/t19-,21+,23+,25+,26-,27-,28+,29-,31+,32?,33-/m1/s1. The van der Waals surface area contributed by atoms with E-state index in [4.69, 9.17) is 28.1 Å². The van der Waals surface area contributed by atoms with Crippen LogP contribution in [0.5, 0.6) is 0 Å². The number of oxazole rings is 1. The number of fused-ring (bicyclic) bond motifs is 4. The summed E-state index contributed by atoms with van der Waals surface area (Å²) in [5, 5.41) is 11.1. The van der Waals surface area contributed by atoms with Crippen LogP contribution in [0, 0.1) is 24.7 Å². The highest BCUT2D eigenvalue weighted by molar-refractivity contribution is 5.78. The lowest BCUT2D eigenvalue weighted by molar-refractivity contribution is -0.159. The number of aliphatic hydroxyl groups is 1. The Hall–Kier alpha value is -3.05. The minimum Gasteiger partial charge on any atom is -0.462 e. The molecule has 2 bridgehead atoms. The molecule has 5 rings (SSSR count). The average molecular weight is 612 g/mol. The molecule has 0 spiro atoms. The van der Waals surface area contributed by atoms with E-state index < -0.39 is 30.4 Å². The van der Waals surface area contributed by atoms with Crippen LogP contribution in [-0.2, 0) is 33.3 Å². The van der Waals surface area contributed by atoms with Gasteiger partial charge >= 0.3 is 11.9 Å². The Morgan fingerprint density at radius 1 is 1.11 bits per heavy atom. The molecule has 4 aliphatic rings. The third-order valence-corrected chi connectivity index (χ3v) is 9.05. The fraction of sp³-hybridized carbons (Fsp3) is 0.618. The van der Waals surface area contributed by atoms with Crippen LogP contribution in [0.2, 0.25) is 0 Å². The maximum atomic E-state index is 13.3. The first-order chi connectivity index (χ1) is 21.0. The van der Waals surface area contributed by atoms with Crippen molar-refractivity contribution in [2.75, 3.05) is 7.11 Å². The van der Waals surface area contributed by atoms with Crippen LogP contribution in [0.25, 0.3) is 6.08 Å². The Labute approximate surface area is 259 Å². The van der Waals surface area contributed by atoms with E-state index in [0.29, 0.717) is 25.2 Å². The third-order valence-electron chi connectivity index (χ3n) is 9.05. The molecule has 4 aliphatic heterocycles. The maximum absolute atomic E-state index is 13.3. The molecule has 0 aromatic carbocycles. The second-order valence-electron chi connectivity index (χ2n) is 12.7. The summed E-state index contributed by atoms with van der Waals surface area (Å²) in [7, 11) is 1.63. The number of carbonyl (C=O) groups excluding carboxylic acids is 2. The van der Waals surface area contributed by atoms with Crippen molar-refractivity contribution in [3.05, 3.63) is 59.4 Å². The molecule has 44 heavy (non-hydrogen) atoms. The quantitative estimate of drug-likeness (QED) is 0.201. The van der Waals surface area contributed by atoms with Gasteiger partial charge in [0.15, 0.2) is 12.0 Å². The van der Waals surface area contributed by atoms with Gasteiger partial charge in [0.25, 0.3) is 0 Å². The summed E-state index contributed by atoms with van der Waals surface area (Å²) < 4.78 is 34.4. The number of aromatic nitrogens is 1. The molecular weight excluding hydrogens is 566 g/mol. The van der Waals surface area contributed by atoms with Crippen molar-refractivity contribution in [2.45, 2.75) is 109 Å². The summed E-state index contributed by atoms with van der Waals surface area (Å²) in [6.07, 6.45) is 11.4. The van der Waals surface area contributed by atoms with Crippen LogP contribution in [-0.4, -0.2) is 78.0 Å². The number of aryl methyl sites for hydroxylation is 1. The molecule has 5 heterocycles. The number of allylic oxidation sites excluding steroid dienone is 4. The zero-order valence-corrected chi connectivity index (χ0v) is 26.4. The predicted octanol–water partition coefficient (Wildman–Crippen LogP) is 4.66. The highest BCUT2D eigenvalue weighted by Crippen LogP contribution is 2.39. The van der Waals surface area contributed by atoms with E-state index in [9.17, 15) is 14.7 Å². The first kappa shape index (κ1) is 32.3. The van der Waals surface area contributed by atoms with E-state index in [-0.39, 0.29) is 54.6 Å². The fourth-order valence-corrected chi connectivity index (χ4v) is 6.42. The van der Waals surface area contributed by atoms with Gasteiger partial charge in [0.1, 0.15) is 36.4 Å². The van der Waals surface area contributed by atoms with Crippen molar-refractivity contribution in [3.8, 4) is 0 Å². The molecule has 1 aromatic heterocycles. The molecule has 0 radical (unpaired) electrons. The largest absolute Gasteiger partial charge is 0.462 e. The number of hydrogen-bond donors (Lipinski definition) is 1. The van der Waals surface area contributed by atoms with Gasteiger partial charge in [-0.25, -0.2) is 9.78 Å². The van der Waals surface area contributed by atoms with Gasteiger partial charge < -0.3 is 33.2 Å². The number of carbonyl (C=O) groups is 2. The van der Waals surface area contributed by atoms with Crippen molar-refractivity contribution >= 4 is 18.0 Å². The van der Waals surface area contributed by atoms with Gasteiger partial charge in [0, 0.05) is 38.7 Å². The van der Waals surface area contributed by atoms with Gasteiger partial charge in [-0.05, 0) is 49.8 Å². The number of cyclic esters (lactones) is 1. The summed E-state index contributed by atoms with van der Waals surface area (Å²) in [5.74, 6) is -0.271. The fourth-order valence-electron chi connectivity index (χ4n) is 6.42. The Morgan fingerprint density at radius 2 is 1.89 bits per heavy atom. The molecule has 0 aliphatic carbocycles. The van der Waals surface area contributed by atoms with Crippen molar-refractivity contribution in [2.24, 2.45) is 17.8 Å². The van der Waals surface area contributed by atoms with Gasteiger partial charge in [-0.2, -0.15) is 0 Å². The van der Waals surface area contributed by atoms with E-state index >= 15 is 0 Å². The molecule has 3 fully saturated rings. The minimum absolute atomic E-state index is 0.00219. The van der Waals surface area contributed by atoms with Crippen LogP contribution >= 0.6 is 0 Å². The molecule has 1 N–H and O–H groups in total. The van der Waals surface area contributed by atoms with Gasteiger partial charge in [0.2, 0.25) is 0 Å². The molecule has 0 saturated carbocycles. The van der Waals surface area contributed by atoms with Crippen LogP contribution in [0.4, 0.5) is 0 Å². The zero-order valence-electron chi connectivity index (χ0n) is 26.4. The van der Waals surface area contributed by atoms with Gasteiger partial charge in [-0.3, -0.25) is 4.79 Å². The number of methoxy groups -OCH3 is 1. The van der Waals surface area contributed by atoms with Crippen molar-refractivity contribution < 1.29 is 42.8 Å². The van der Waals surface area contributed by atoms with Crippen LogP contribution in [0.3, 0.4) is 0 Å². The number of hydrogen-bond acceptors (Lipinski definition) is 10. The summed E-state index contributed by atoms with van der Waals surface area (Å²) in [6.45, 7) is 9.73. The zero-order chi connectivity index (χ0) is 31.5. The monoisotopic (exact) mass is 611 g/mol. The lowest BCUT2D eigenvalue weighted by Crippen LogP contribution is -2.39. The van der Waals surface area contributed by atoms with Crippen LogP contribution in [0.15, 0.2) is 52.2 Å². The number of nitrogens with zero attached hydrogens (tertiary/aromatic N) is 1. The lowest BCUT2D eigenvalue weighted by atomic mass is 9.85. The second-order valence-corrected chi connectivity index (χ2v) is 12.7.